The highest BCUT2D eigenvalue weighted by molar-refractivity contribution is 6.02. The molecule has 0 aliphatic carbocycles. The molecule has 3 rings (SSSR count). The number of halogens is 1. The standard InChI is InChI=1S/C17H20FN3O2/c1-17(2,3)11-8-13-10(7-12(11)18)15(20-21(13)4)9-5-6-14(22)19-16(9)23/h7-9H,5-6H2,1-4H3,(H,19,22,23). The van der Waals surface area contributed by atoms with Crippen LogP contribution in [-0.4, -0.2) is 21.6 Å². The molecule has 23 heavy (non-hydrogen) atoms. The van der Waals surface area contributed by atoms with Crippen molar-refractivity contribution < 1.29 is 14.0 Å². The van der Waals surface area contributed by atoms with Crippen LogP contribution in [0.15, 0.2) is 12.1 Å². The second-order valence-corrected chi connectivity index (χ2v) is 7.11. The highest BCUT2D eigenvalue weighted by Crippen LogP contribution is 2.34. The normalized spacial score (nSPS) is 19.3. The number of benzene rings is 1. The van der Waals surface area contributed by atoms with Gasteiger partial charge in [0.1, 0.15) is 5.82 Å². The monoisotopic (exact) mass is 317 g/mol. The topological polar surface area (TPSA) is 64.0 Å². The molecule has 0 bridgehead atoms. The number of nitrogens with zero attached hydrogens (tertiary/aromatic N) is 2. The Labute approximate surface area is 133 Å². The molecule has 122 valence electrons. The molecule has 1 aromatic heterocycles. The van der Waals surface area contributed by atoms with Crippen LogP contribution in [-0.2, 0) is 22.1 Å². The zero-order valence-corrected chi connectivity index (χ0v) is 13.7. The number of aryl methyl sites for hydroxylation is 1. The fraction of sp³-hybridized carbons (Fsp3) is 0.471. The maximum atomic E-state index is 14.5. The van der Waals surface area contributed by atoms with Gasteiger partial charge in [-0.3, -0.25) is 19.6 Å². The first-order valence-electron chi connectivity index (χ1n) is 7.69. The minimum atomic E-state index is -0.517. The summed E-state index contributed by atoms with van der Waals surface area (Å²) in [5.74, 6) is -1.45. The molecule has 1 unspecified atom stereocenters. The third-order valence-electron chi connectivity index (χ3n) is 4.34. The van der Waals surface area contributed by atoms with E-state index in [0.29, 0.717) is 23.1 Å². The third-order valence-corrected chi connectivity index (χ3v) is 4.34. The lowest BCUT2D eigenvalue weighted by atomic mass is 9.85. The molecule has 0 spiro atoms. The number of imide groups is 1. The van der Waals surface area contributed by atoms with Gasteiger partial charge in [0, 0.05) is 18.9 Å². The van der Waals surface area contributed by atoms with Crippen LogP contribution < -0.4 is 5.32 Å². The van der Waals surface area contributed by atoms with E-state index in [1.807, 2.05) is 20.8 Å². The lowest BCUT2D eigenvalue weighted by Crippen LogP contribution is -2.39. The first-order valence-corrected chi connectivity index (χ1v) is 7.69. The Hall–Kier alpha value is -2.24. The van der Waals surface area contributed by atoms with Gasteiger partial charge in [-0.25, -0.2) is 4.39 Å². The van der Waals surface area contributed by atoms with Crippen molar-refractivity contribution >= 4 is 22.7 Å². The van der Waals surface area contributed by atoms with E-state index in [-0.39, 0.29) is 29.5 Å². The van der Waals surface area contributed by atoms with E-state index >= 15 is 0 Å². The van der Waals surface area contributed by atoms with Crippen molar-refractivity contribution in [1.29, 1.82) is 0 Å². The third kappa shape index (κ3) is 2.62. The van der Waals surface area contributed by atoms with Gasteiger partial charge in [-0.05, 0) is 29.5 Å². The van der Waals surface area contributed by atoms with Gasteiger partial charge >= 0.3 is 0 Å². The smallest absolute Gasteiger partial charge is 0.235 e. The molecule has 2 aromatic rings. The summed E-state index contributed by atoms with van der Waals surface area (Å²) < 4.78 is 16.2. The van der Waals surface area contributed by atoms with Crippen molar-refractivity contribution in [3.05, 3.63) is 29.2 Å². The van der Waals surface area contributed by atoms with Gasteiger partial charge in [-0.15, -0.1) is 0 Å². The molecule has 2 heterocycles. The maximum Gasteiger partial charge on any atom is 0.235 e. The molecule has 0 saturated carbocycles. The number of piperidine rings is 1. The van der Waals surface area contributed by atoms with Crippen LogP contribution in [0, 0.1) is 5.82 Å². The average molecular weight is 317 g/mol. The van der Waals surface area contributed by atoms with E-state index in [1.54, 1.807) is 17.8 Å². The Morgan fingerprint density at radius 1 is 1.30 bits per heavy atom. The van der Waals surface area contributed by atoms with Gasteiger partial charge in [0.25, 0.3) is 0 Å². The zero-order valence-electron chi connectivity index (χ0n) is 13.7. The number of rotatable bonds is 1. The fourth-order valence-corrected chi connectivity index (χ4v) is 3.09. The van der Waals surface area contributed by atoms with Crippen LogP contribution in [0.4, 0.5) is 4.39 Å². The number of aromatic nitrogens is 2. The zero-order chi connectivity index (χ0) is 16.9. The summed E-state index contributed by atoms with van der Waals surface area (Å²) in [5.41, 5.74) is 1.61. The lowest BCUT2D eigenvalue weighted by molar-refractivity contribution is -0.134. The van der Waals surface area contributed by atoms with Crippen LogP contribution in [0.1, 0.15) is 50.8 Å². The summed E-state index contributed by atoms with van der Waals surface area (Å²) in [7, 11) is 1.78. The molecule has 1 N–H and O–H groups in total. The molecular formula is C17H20FN3O2. The Morgan fingerprint density at radius 2 is 2.00 bits per heavy atom. The molecular weight excluding hydrogens is 297 g/mol. The summed E-state index contributed by atoms with van der Waals surface area (Å²) in [4.78, 5) is 23.4. The predicted octanol–water partition coefficient (Wildman–Crippen LogP) is 2.53. The summed E-state index contributed by atoms with van der Waals surface area (Å²) in [5, 5.41) is 7.39. The average Bonchev–Trinajstić information content (AvgIpc) is 2.73. The van der Waals surface area contributed by atoms with Gasteiger partial charge in [0.2, 0.25) is 11.8 Å². The largest absolute Gasteiger partial charge is 0.296 e. The summed E-state index contributed by atoms with van der Waals surface area (Å²) in [6, 6.07) is 3.26. The van der Waals surface area contributed by atoms with Gasteiger partial charge in [0.05, 0.1) is 17.1 Å². The van der Waals surface area contributed by atoms with Crippen molar-refractivity contribution in [2.75, 3.05) is 0 Å². The molecule has 2 amide bonds. The lowest BCUT2D eigenvalue weighted by Gasteiger charge is -2.21. The van der Waals surface area contributed by atoms with Gasteiger partial charge in [-0.2, -0.15) is 5.10 Å². The van der Waals surface area contributed by atoms with Crippen molar-refractivity contribution in [1.82, 2.24) is 15.1 Å². The minimum absolute atomic E-state index is 0.271. The highest BCUT2D eigenvalue weighted by atomic mass is 19.1. The number of fused-ring (bicyclic) bond motifs is 1. The number of carbonyl (C=O) groups is 2. The quantitative estimate of drug-likeness (QED) is 0.822. The first-order chi connectivity index (χ1) is 10.7. The van der Waals surface area contributed by atoms with E-state index in [4.69, 9.17) is 0 Å². The van der Waals surface area contributed by atoms with Crippen LogP contribution >= 0.6 is 0 Å². The van der Waals surface area contributed by atoms with Gasteiger partial charge in [0.15, 0.2) is 0 Å². The molecule has 1 atom stereocenters. The Balaban J connectivity index is 2.15. The second kappa shape index (κ2) is 5.15. The fourth-order valence-electron chi connectivity index (χ4n) is 3.09. The predicted molar refractivity (Wildman–Crippen MR) is 84.5 cm³/mol. The molecule has 6 heteroatoms. The van der Waals surface area contributed by atoms with E-state index in [1.165, 1.54) is 6.07 Å². The number of nitrogens with one attached hydrogen (secondary N) is 1. The minimum Gasteiger partial charge on any atom is -0.296 e. The van der Waals surface area contributed by atoms with Crippen molar-refractivity contribution in [2.24, 2.45) is 7.05 Å². The SMILES string of the molecule is Cn1nc(C2CCC(=O)NC2=O)c2cc(F)c(C(C)(C)C)cc21. The molecule has 0 radical (unpaired) electrons. The van der Waals surface area contributed by atoms with E-state index < -0.39 is 5.92 Å². The van der Waals surface area contributed by atoms with E-state index in [2.05, 4.69) is 10.4 Å². The van der Waals surface area contributed by atoms with Crippen molar-refractivity contribution in [2.45, 2.75) is 44.9 Å². The van der Waals surface area contributed by atoms with E-state index in [0.717, 1.165) is 5.52 Å². The highest BCUT2D eigenvalue weighted by Gasteiger charge is 2.32. The molecule has 5 nitrogen and oxygen atoms in total. The Kier molecular flexibility index (Phi) is 3.50. The van der Waals surface area contributed by atoms with Gasteiger partial charge < -0.3 is 0 Å². The first kappa shape index (κ1) is 15.6. The van der Waals surface area contributed by atoms with Crippen LogP contribution in [0.2, 0.25) is 0 Å². The van der Waals surface area contributed by atoms with Crippen LogP contribution in [0.3, 0.4) is 0 Å². The molecule has 1 saturated heterocycles. The molecule has 1 fully saturated rings. The van der Waals surface area contributed by atoms with Crippen LogP contribution in [0.25, 0.3) is 10.9 Å². The second-order valence-electron chi connectivity index (χ2n) is 7.11. The maximum absolute atomic E-state index is 14.5. The number of amides is 2. The van der Waals surface area contributed by atoms with Crippen LogP contribution in [0.5, 0.6) is 0 Å². The number of carbonyl (C=O) groups excluding carboxylic acids is 2. The molecule has 1 aliphatic heterocycles. The number of hydrogen-bond acceptors (Lipinski definition) is 3. The summed E-state index contributed by atoms with van der Waals surface area (Å²) >= 11 is 0. The Morgan fingerprint density at radius 3 is 2.61 bits per heavy atom. The Bertz CT molecular complexity index is 817. The summed E-state index contributed by atoms with van der Waals surface area (Å²) in [6.45, 7) is 5.86. The molecule has 1 aliphatic rings. The molecule has 1 aromatic carbocycles. The summed E-state index contributed by atoms with van der Waals surface area (Å²) in [6.07, 6.45) is 0.677. The van der Waals surface area contributed by atoms with Crippen molar-refractivity contribution in [3.63, 3.8) is 0 Å². The van der Waals surface area contributed by atoms with Crippen molar-refractivity contribution in [3.8, 4) is 0 Å². The number of hydrogen-bond donors (Lipinski definition) is 1. The van der Waals surface area contributed by atoms with E-state index in [9.17, 15) is 14.0 Å². The van der Waals surface area contributed by atoms with Gasteiger partial charge in [-0.1, -0.05) is 20.8 Å².